The minimum absolute atomic E-state index is 0.0221. The first-order valence-corrected chi connectivity index (χ1v) is 6.99. The molecular weight excluding hydrogens is 244 g/mol. The Labute approximate surface area is 103 Å². The van der Waals surface area contributed by atoms with Gasteiger partial charge < -0.3 is 4.74 Å². The van der Waals surface area contributed by atoms with E-state index in [9.17, 15) is 13.2 Å². The number of ether oxygens (including phenoxy) is 1. The molecule has 0 fully saturated rings. The second kappa shape index (κ2) is 6.61. The lowest BCUT2D eigenvalue weighted by molar-refractivity contribution is -0.801. The lowest BCUT2D eigenvalue weighted by atomic mass is 10.5. The first kappa shape index (κ1) is 15.9. The van der Waals surface area contributed by atoms with Crippen molar-refractivity contribution in [2.24, 2.45) is 0 Å². The van der Waals surface area contributed by atoms with Crippen molar-refractivity contribution < 1.29 is 21.8 Å². The van der Waals surface area contributed by atoms with Crippen LogP contribution in [0, 0.1) is 0 Å². The van der Waals surface area contributed by atoms with Crippen molar-refractivity contribution in [1.29, 1.82) is 0 Å². The van der Waals surface area contributed by atoms with E-state index in [1.165, 1.54) is 6.08 Å². The van der Waals surface area contributed by atoms with E-state index in [1.54, 1.807) is 20.8 Å². The van der Waals surface area contributed by atoms with Crippen LogP contribution in [0.25, 0.3) is 0 Å². The largest absolute Gasteiger partial charge is 0.445 e. The van der Waals surface area contributed by atoms with Crippen LogP contribution < -0.4 is 4.72 Å². The van der Waals surface area contributed by atoms with Crippen LogP contribution >= 0.6 is 0 Å². The fourth-order valence-electron chi connectivity index (χ4n) is 1.55. The minimum Gasteiger partial charge on any atom is -0.445 e. The number of rotatable bonds is 7. The third kappa shape index (κ3) is 3.71. The summed E-state index contributed by atoms with van der Waals surface area (Å²) in [6.45, 7) is 9.80. The molecule has 100 valence electrons. The molecule has 17 heavy (non-hydrogen) atoms. The Kier molecular flexibility index (Phi) is 6.19. The van der Waals surface area contributed by atoms with Gasteiger partial charge in [0.15, 0.2) is 0 Å². The lowest BCUT2D eigenvalue weighted by Gasteiger charge is -2.32. The van der Waals surface area contributed by atoms with Crippen molar-refractivity contribution in [3.63, 3.8) is 0 Å². The van der Waals surface area contributed by atoms with Gasteiger partial charge in [-0.3, -0.25) is 0 Å². The molecule has 0 aliphatic heterocycles. The van der Waals surface area contributed by atoms with E-state index in [4.69, 9.17) is 0 Å². The molecule has 1 amide bonds. The van der Waals surface area contributed by atoms with Crippen molar-refractivity contribution in [1.82, 2.24) is 4.72 Å². The minimum atomic E-state index is -3.79. The molecule has 1 N–H and O–H groups in total. The standard InChI is InChI=1S/C10H20N2O4S/c1-5-9-16-10(13)11-17(14,15)12(6-2,7-3)8-4/h5H,1,6-9H2,2-4H3/p+1. The molecule has 0 spiro atoms. The molecule has 0 aromatic carbocycles. The number of amides is 1. The molecule has 0 atom stereocenters. The molecule has 0 unspecified atom stereocenters. The zero-order chi connectivity index (χ0) is 13.5. The van der Waals surface area contributed by atoms with Gasteiger partial charge in [-0.2, -0.15) is 13.1 Å². The molecular formula is C10H21N2O4S+. The van der Waals surface area contributed by atoms with Gasteiger partial charge in [0.05, 0.1) is 19.6 Å². The highest BCUT2D eigenvalue weighted by atomic mass is 32.2. The van der Waals surface area contributed by atoms with Crippen molar-refractivity contribution >= 4 is 16.3 Å². The van der Waals surface area contributed by atoms with Gasteiger partial charge in [0.25, 0.3) is 0 Å². The van der Waals surface area contributed by atoms with Crippen LogP contribution in [0.5, 0.6) is 0 Å². The van der Waals surface area contributed by atoms with Gasteiger partial charge in [-0.15, -0.1) is 0 Å². The van der Waals surface area contributed by atoms with E-state index in [-0.39, 0.29) is 10.5 Å². The molecule has 0 saturated heterocycles. The second-order valence-corrected chi connectivity index (χ2v) is 5.40. The van der Waals surface area contributed by atoms with Crippen LogP contribution in [0.2, 0.25) is 0 Å². The average molecular weight is 265 g/mol. The first-order chi connectivity index (χ1) is 7.89. The highest BCUT2D eigenvalue weighted by Crippen LogP contribution is 2.12. The van der Waals surface area contributed by atoms with E-state index < -0.39 is 16.3 Å². The zero-order valence-electron chi connectivity index (χ0n) is 10.6. The Morgan fingerprint density at radius 2 is 1.76 bits per heavy atom. The zero-order valence-corrected chi connectivity index (χ0v) is 11.4. The molecule has 0 aliphatic carbocycles. The number of nitrogens with zero attached hydrogens (tertiary/aromatic N) is 1. The quantitative estimate of drug-likeness (QED) is 0.551. The molecule has 0 radical (unpaired) electrons. The third-order valence-corrected chi connectivity index (χ3v) is 5.00. The first-order valence-electron chi connectivity index (χ1n) is 5.55. The summed E-state index contributed by atoms with van der Waals surface area (Å²) in [5.41, 5.74) is 0. The Morgan fingerprint density at radius 3 is 2.12 bits per heavy atom. The fourth-order valence-corrected chi connectivity index (χ4v) is 3.03. The Balaban J connectivity index is 4.87. The maximum Gasteiger partial charge on any atom is 0.425 e. The van der Waals surface area contributed by atoms with E-state index >= 15 is 0 Å². The van der Waals surface area contributed by atoms with Crippen molar-refractivity contribution in [3.05, 3.63) is 12.7 Å². The second-order valence-electron chi connectivity index (χ2n) is 3.47. The lowest BCUT2D eigenvalue weighted by Crippen LogP contribution is -2.58. The van der Waals surface area contributed by atoms with E-state index in [1.807, 2.05) is 4.72 Å². The predicted octanol–water partition coefficient (Wildman–Crippen LogP) is 1.02. The summed E-state index contributed by atoms with van der Waals surface area (Å²) in [4.78, 5) is 11.2. The van der Waals surface area contributed by atoms with Crippen LogP contribution in [-0.2, 0) is 14.9 Å². The SMILES string of the molecule is C=CCOC(=O)NS(=O)(=O)[N+](CC)(CC)CC. The van der Waals surface area contributed by atoms with Gasteiger partial charge in [-0.1, -0.05) is 12.7 Å². The topological polar surface area (TPSA) is 72.5 Å². The number of carbonyl (C=O) groups is 1. The summed E-state index contributed by atoms with van der Waals surface area (Å²) in [5.74, 6) is 0. The van der Waals surface area contributed by atoms with Crippen molar-refractivity contribution in [3.8, 4) is 0 Å². The van der Waals surface area contributed by atoms with Gasteiger partial charge in [-0.05, 0) is 20.8 Å². The normalized spacial score (nSPS) is 11.9. The van der Waals surface area contributed by atoms with E-state index in [0.717, 1.165) is 0 Å². The summed E-state index contributed by atoms with van der Waals surface area (Å²) >= 11 is 0. The van der Waals surface area contributed by atoms with Crippen molar-refractivity contribution in [2.75, 3.05) is 26.2 Å². The number of hydrogen-bond acceptors (Lipinski definition) is 4. The van der Waals surface area contributed by atoms with Gasteiger partial charge in [0.1, 0.15) is 6.61 Å². The molecule has 0 bridgehead atoms. The third-order valence-electron chi connectivity index (χ3n) is 2.78. The molecule has 6 nitrogen and oxygen atoms in total. The Bertz CT molecular complexity index is 352. The maximum atomic E-state index is 12.1. The number of nitrogens with one attached hydrogen (secondary N) is 1. The Hall–Kier alpha value is -1.08. The monoisotopic (exact) mass is 265 g/mol. The molecule has 0 aliphatic rings. The fraction of sp³-hybridized carbons (Fsp3) is 0.700. The van der Waals surface area contributed by atoms with Crippen LogP contribution in [0.3, 0.4) is 0 Å². The molecule has 0 saturated carbocycles. The highest BCUT2D eigenvalue weighted by molar-refractivity contribution is 7.84. The molecule has 7 heteroatoms. The van der Waals surface area contributed by atoms with Crippen molar-refractivity contribution in [2.45, 2.75) is 20.8 Å². The highest BCUT2D eigenvalue weighted by Gasteiger charge is 2.39. The molecule has 0 heterocycles. The average Bonchev–Trinajstić information content (AvgIpc) is 2.28. The summed E-state index contributed by atoms with van der Waals surface area (Å²) in [5, 5.41) is 0. The van der Waals surface area contributed by atoms with Crippen LogP contribution in [0.4, 0.5) is 4.79 Å². The number of carbonyl (C=O) groups excluding carboxylic acids is 1. The van der Waals surface area contributed by atoms with E-state index in [2.05, 4.69) is 11.3 Å². The Morgan fingerprint density at radius 1 is 1.29 bits per heavy atom. The molecule has 0 aromatic heterocycles. The predicted molar refractivity (Wildman–Crippen MR) is 65.5 cm³/mol. The van der Waals surface area contributed by atoms with Crippen LogP contribution in [-0.4, -0.2) is 44.6 Å². The summed E-state index contributed by atoms with van der Waals surface area (Å²) < 4.78 is 30.4. The van der Waals surface area contributed by atoms with Crippen LogP contribution in [0.15, 0.2) is 12.7 Å². The van der Waals surface area contributed by atoms with Crippen LogP contribution in [0.1, 0.15) is 20.8 Å². The summed E-state index contributed by atoms with van der Waals surface area (Å²) in [6.07, 6.45) is 0.399. The van der Waals surface area contributed by atoms with Gasteiger partial charge >= 0.3 is 16.3 Å². The van der Waals surface area contributed by atoms with Gasteiger partial charge in [0.2, 0.25) is 0 Å². The number of hydrogen-bond donors (Lipinski definition) is 1. The maximum absolute atomic E-state index is 12.1. The molecule has 0 aromatic rings. The number of quaternary nitrogens is 1. The summed E-state index contributed by atoms with van der Waals surface area (Å²) in [7, 11) is -3.79. The van der Waals surface area contributed by atoms with E-state index in [0.29, 0.717) is 19.6 Å². The molecule has 0 rings (SSSR count). The van der Waals surface area contributed by atoms with Gasteiger partial charge in [-0.25, -0.2) is 8.68 Å². The smallest absolute Gasteiger partial charge is 0.425 e. The van der Waals surface area contributed by atoms with Gasteiger partial charge in [0, 0.05) is 0 Å². The summed E-state index contributed by atoms with van der Waals surface area (Å²) in [6, 6.07) is 0.